The maximum absolute atomic E-state index is 11.7. The molecule has 0 aliphatic heterocycles. The molecule has 18 heavy (non-hydrogen) atoms. The van der Waals surface area contributed by atoms with E-state index in [0.29, 0.717) is 12.5 Å². The molecule has 0 bridgehead atoms. The second kappa shape index (κ2) is 7.36. The Bertz CT molecular complexity index is 284. The first kappa shape index (κ1) is 16.9. The number of urea groups is 1. The average molecular weight is 257 g/mol. The molecule has 0 heterocycles. The molecule has 0 rings (SSSR count). The molecule has 3 N–H and O–H groups in total. The van der Waals surface area contributed by atoms with Crippen LogP contribution in [0.25, 0.3) is 0 Å². The van der Waals surface area contributed by atoms with Crippen molar-refractivity contribution in [2.75, 3.05) is 13.1 Å². The summed E-state index contributed by atoms with van der Waals surface area (Å²) >= 11 is 0. The molecule has 0 aliphatic carbocycles. The summed E-state index contributed by atoms with van der Waals surface area (Å²) in [4.78, 5) is 22.8. The van der Waals surface area contributed by atoms with Gasteiger partial charge in [-0.15, -0.1) is 0 Å². The minimum absolute atomic E-state index is 0.197. The van der Waals surface area contributed by atoms with E-state index in [1.807, 2.05) is 0 Å². The number of nitrogens with one attached hydrogen (secondary N) is 3. The largest absolute Gasteiger partial charge is 0.338 e. The van der Waals surface area contributed by atoms with E-state index in [0.717, 1.165) is 6.54 Å². The first-order valence-corrected chi connectivity index (χ1v) is 6.50. The SMILES string of the molecule is CCNC(=O)NC(=O)C(C)NCC(C)C(C)(C)C. The van der Waals surface area contributed by atoms with Crippen molar-refractivity contribution in [3.8, 4) is 0 Å². The minimum Gasteiger partial charge on any atom is -0.338 e. The second-order valence-electron chi connectivity index (χ2n) is 5.75. The van der Waals surface area contributed by atoms with Crippen molar-refractivity contribution in [1.82, 2.24) is 16.0 Å². The van der Waals surface area contributed by atoms with Gasteiger partial charge in [-0.05, 0) is 31.7 Å². The van der Waals surface area contributed by atoms with Gasteiger partial charge in [0.05, 0.1) is 6.04 Å². The smallest absolute Gasteiger partial charge is 0.321 e. The lowest BCUT2D eigenvalue weighted by molar-refractivity contribution is -0.121. The van der Waals surface area contributed by atoms with E-state index in [1.165, 1.54) is 0 Å². The van der Waals surface area contributed by atoms with Crippen LogP contribution in [0.4, 0.5) is 4.79 Å². The zero-order chi connectivity index (χ0) is 14.3. The van der Waals surface area contributed by atoms with Gasteiger partial charge in [0.1, 0.15) is 0 Å². The van der Waals surface area contributed by atoms with Crippen LogP contribution < -0.4 is 16.0 Å². The van der Waals surface area contributed by atoms with Gasteiger partial charge in [0, 0.05) is 6.54 Å². The monoisotopic (exact) mass is 257 g/mol. The van der Waals surface area contributed by atoms with Crippen LogP contribution >= 0.6 is 0 Å². The third kappa shape index (κ3) is 6.59. The fourth-order valence-electron chi connectivity index (χ4n) is 1.18. The van der Waals surface area contributed by atoms with E-state index < -0.39 is 6.03 Å². The maximum Gasteiger partial charge on any atom is 0.321 e. The molecule has 0 radical (unpaired) electrons. The van der Waals surface area contributed by atoms with Crippen LogP contribution in [0.1, 0.15) is 41.5 Å². The summed E-state index contributed by atoms with van der Waals surface area (Å²) in [5.41, 5.74) is 0.197. The molecule has 0 saturated heterocycles. The lowest BCUT2D eigenvalue weighted by Crippen LogP contribution is -2.49. The standard InChI is InChI=1S/C13H27N3O2/c1-7-14-12(18)16-11(17)10(3)15-8-9(2)13(4,5)6/h9-10,15H,7-8H2,1-6H3,(H2,14,16,17,18). The Morgan fingerprint density at radius 3 is 2.17 bits per heavy atom. The number of hydrogen-bond donors (Lipinski definition) is 3. The lowest BCUT2D eigenvalue weighted by atomic mass is 9.82. The second-order valence-corrected chi connectivity index (χ2v) is 5.75. The summed E-state index contributed by atoms with van der Waals surface area (Å²) in [6.45, 7) is 13.4. The van der Waals surface area contributed by atoms with Crippen LogP contribution in [0.15, 0.2) is 0 Å². The fraction of sp³-hybridized carbons (Fsp3) is 0.846. The van der Waals surface area contributed by atoms with Gasteiger partial charge in [-0.1, -0.05) is 27.7 Å². The minimum atomic E-state index is -0.444. The van der Waals surface area contributed by atoms with Crippen molar-refractivity contribution < 1.29 is 9.59 Å². The maximum atomic E-state index is 11.7. The van der Waals surface area contributed by atoms with Gasteiger partial charge in [0.15, 0.2) is 0 Å². The number of carbonyl (C=O) groups is 2. The van der Waals surface area contributed by atoms with Gasteiger partial charge >= 0.3 is 6.03 Å². The molecule has 0 aromatic rings. The van der Waals surface area contributed by atoms with Gasteiger partial charge in [0.2, 0.25) is 5.91 Å². The van der Waals surface area contributed by atoms with Crippen molar-refractivity contribution in [2.24, 2.45) is 11.3 Å². The molecule has 2 atom stereocenters. The van der Waals surface area contributed by atoms with Crippen LogP contribution in [0.2, 0.25) is 0 Å². The molecule has 106 valence electrons. The molecule has 3 amide bonds. The molecule has 0 spiro atoms. The predicted octanol–water partition coefficient (Wildman–Crippen LogP) is 1.49. The van der Waals surface area contributed by atoms with E-state index in [4.69, 9.17) is 0 Å². The number of rotatable bonds is 5. The highest BCUT2D eigenvalue weighted by Crippen LogP contribution is 2.24. The Kier molecular flexibility index (Phi) is 6.91. The van der Waals surface area contributed by atoms with Crippen molar-refractivity contribution in [3.05, 3.63) is 0 Å². The number of hydrogen-bond acceptors (Lipinski definition) is 3. The van der Waals surface area contributed by atoms with Gasteiger partial charge in [0.25, 0.3) is 0 Å². The topological polar surface area (TPSA) is 70.2 Å². The van der Waals surface area contributed by atoms with Crippen LogP contribution in [-0.4, -0.2) is 31.1 Å². The number of carbonyl (C=O) groups excluding carboxylic acids is 2. The number of imide groups is 1. The molecule has 2 unspecified atom stereocenters. The van der Waals surface area contributed by atoms with Crippen LogP contribution in [0.3, 0.4) is 0 Å². The molecule has 5 nitrogen and oxygen atoms in total. The van der Waals surface area contributed by atoms with E-state index in [1.54, 1.807) is 13.8 Å². The first-order valence-electron chi connectivity index (χ1n) is 6.50. The Morgan fingerprint density at radius 1 is 1.17 bits per heavy atom. The first-order chi connectivity index (χ1) is 8.18. The van der Waals surface area contributed by atoms with E-state index >= 15 is 0 Å². The lowest BCUT2D eigenvalue weighted by Gasteiger charge is -2.28. The third-order valence-electron chi connectivity index (χ3n) is 3.18. The van der Waals surface area contributed by atoms with Crippen molar-refractivity contribution in [3.63, 3.8) is 0 Å². The molecular formula is C13H27N3O2. The summed E-state index contributed by atoms with van der Waals surface area (Å²) in [7, 11) is 0. The molecule has 5 heteroatoms. The van der Waals surface area contributed by atoms with Crippen LogP contribution in [-0.2, 0) is 4.79 Å². The third-order valence-corrected chi connectivity index (χ3v) is 3.18. The van der Waals surface area contributed by atoms with Crippen LogP contribution in [0.5, 0.6) is 0 Å². The van der Waals surface area contributed by atoms with Gasteiger partial charge in [-0.3, -0.25) is 10.1 Å². The van der Waals surface area contributed by atoms with Gasteiger partial charge < -0.3 is 10.6 Å². The van der Waals surface area contributed by atoms with Gasteiger partial charge in [-0.2, -0.15) is 0 Å². The average Bonchev–Trinajstić information content (AvgIpc) is 2.23. The molecule has 0 aliphatic rings. The summed E-state index contributed by atoms with van der Waals surface area (Å²) in [6, 6.07) is -0.822. The molecule has 0 fully saturated rings. The summed E-state index contributed by atoms with van der Waals surface area (Å²) in [6.07, 6.45) is 0. The van der Waals surface area contributed by atoms with Crippen molar-refractivity contribution >= 4 is 11.9 Å². The Labute approximate surface area is 110 Å². The van der Waals surface area contributed by atoms with Crippen LogP contribution in [0, 0.1) is 11.3 Å². The molecular weight excluding hydrogens is 230 g/mol. The zero-order valence-corrected chi connectivity index (χ0v) is 12.4. The quantitative estimate of drug-likeness (QED) is 0.699. The Hall–Kier alpha value is -1.10. The van der Waals surface area contributed by atoms with E-state index in [-0.39, 0.29) is 17.4 Å². The fourth-order valence-corrected chi connectivity index (χ4v) is 1.18. The highest BCUT2D eigenvalue weighted by molar-refractivity contribution is 5.96. The van der Waals surface area contributed by atoms with Crippen molar-refractivity contribution in [2.45, 2.75) is 47.6 Å². The Morgan fingerprint density at radius 2 is 1.72 bits per heavy atom. The van der Waals surface area contributed by atoms with Gasteiger partial charge in [-0.25, -0.2) is 4.79 Å². The van der Waals surface area contributed by atoms with Crippen molar-refractivity contribution in [1.29, 1.82) is 0 Å². The summed E-state index contributed by atoms with van der Waals surface area (Å²) in [5, 5.41) is 7.96. The van der Waals surface area contributed by atoms with E-state index in [9.17, 15) is 9.59 Å². The molecule has 0 aromatic carbocycles. The predicted molar refractivity (Wildman–Crippen MR) is 73.3 cm³/mol. The van der Waals surface area contributed by atoms with E-state index in [2.05, 4.69) is 43.6 Å². The number of amides is 3. The molecule has 0 aromatic heterocycles. The highest BCUT2D eigenvalue weighted by Gasteiger charge is 2.22. The summed E-state index contributed by atoms with van der Waals surface area (Å²) in [5.74, 6) is 0.138. The normalized spacial score (nSPS) is 14.8. The highest BCUT2D eigenvalue weighted by atomic mass is 16.2. The summed E-state index contributed by atoms with van der Waals surface area (Å²) < 4.78 is 0. The zero-order valence-electron chi connectivity index (χ0n) is 12.4. The Balaban J connectivity index is 4.06. The molecule has 0 saturated carbocycles.